The number of para-hydroxylation sites is 1. The first-order valence-corrected chi connectivity index (χ1v) is 10.4. The van der Waals surface area contributed by atoms with E-state index in [1.54, 1.807) is 42.5 Å². The van der Waals surface area contributed by atoms with Gasteiger partial charge >= 0.3 is 0 Å². The Hall–Kier alpha value is -4.24. The van der Waals surface area contributed by atoms with E-state index in [0.29, 0.717) is 22.7 Å². The standard InChI is InChI=1S/C25H22N2O7/c1-33-22-11-10-16(12-23(22)34-2)15-26-20-9-4-3-8-19(20)25(30,24(26)29)14-21(28)17-6-5-7-18(13-17)27(31)32/h3-13,30H,14-15H2,1-2H3. The molecule has 1 N–H and O–H groups in total. The van der Waals surface area contributed by atoms with E-state index in [9.17, 15) is 24.8 Å². The molecule has 0 saturated heterocycles. The highest BCUT2D eigenvalue weighted by molar-refractivity contribution is 6.10. The van der Waals surface area contributed by atoms with Crippen LogP contribution in [0.2, 0.25) is 0 Å². The summed E-state index contributed by atoms with van der Waals surface area (Å²) in [5.74, 6) is -0.195. The predicted molar refractivity (Wildman–Crippen MR) is 123 cm³/mol. The molecule has 9 nitrogen and oxygen atoms in total. The van der Waals surface area contributed by atoms with Gasteiger partial charge in [0.05, 0.1) is 37.8 Å². The molecule has 3 aromatic rings. The van der Waals surface area contributed by atoms with Gasteiger partial charge in [-0.25, -0.2) is 0 Å². The van der Waals surface area contributed by atoms with Crippen molar-refractivity contribution in [1.82, 2.24) is 0 Å². The maximum absolute atomic E-state index is 13.5. The fourth-order valence-electron chi connectivity index (χ4n) is 4.12. The summed E-state index contributed by atoms with van der Waals surface area (Å²) in [6, 6.07) is 17.2. The number of ketones is 1. The van der Waals surface area contributed by atoms with Crippen LogP contribution in [-0.2, 0) is 16.9 Å². The number of carbonyl (C=O) groups excluding carboxylic acids is 2. The third-order valence-electron chi connectivity index (χ3n) is 5.82. The molecule has 34 heavy (non-hydrogen) atoms. The molecule has 0 aromatic heterocycles. The number of rotatable bonds is 8. The largest absolute Gasteiger partial charge is 0.493 e. The van der Waals surface area contributed by atoms with E-state index in [2.05, 4.69) is 0 Å². The summed E-state index contributed by atoms with van der Waals surface area (Å²) in [4.78, 5) is 38.3. The first-order chi connectivity index (χ1) is 16.3. The van der Waals surface area contributed by atoms with E-state index in [0.717, 1.165) is 11.6 Å². The molecule has 4 rings (SSSR count). The molecule has 1 aliphatic heterocycles. The van der Waals surface area contributed by atoms with Crippen molar-refractivity contribution in [2.75, 3.05) is 19.1 Å². The van der Waals surface area contributed by atoms with Gasteiger partial charge in [-0.05, 0) is 23.8 Å². The summed E-state index contributed by atoms with van der Waals surface area (Å²) in [5.41, 5.74) is -0.780. The lowest BCUT2D eigenvalue weighted by Gasteiger charge is -2.23. The molecule has 174 valence electrons. The zero-order chi connectivity index (χ0) is 24.5. The molecule has 0 aliphatic carbocycles. The Kier molecular flexibility index (Phi) is 6.04. The van der Waals surface area contributed by atoms with Gasteiger partial charge in [-0.1, -0.05) is 36.4 Å². The Balaban J connectivity index is 1.66. The average molecular weight is 462 g/mol. The van der Waals surface area contributed by atoms with Gasteiger partial charge in [0.2, 0.25) is 0 Å². The average Bonchev–Trinajstić information content (AvgIpc) is 3.05. The molecule has 0 saturated carbocycles. The monoisotopic (exact) mass is 462 g/mol. The van der Waals surface area contributed by atoms with E-state index < -0.39 is 28.6 Å². The zero-order valence-corrected chi connectivity index (χ0v) is 18.6. The van der Waals surface area contributed by atoms with Crippen molar-refractivity contribution in [2.24, 2.45) is 0 Å². The van der Waals surface area contributed by atoms with Crippen molar-refractivity contribution in [3.63, 3.8) is 0 Å². The van der Waals surface area contributed by atoms with Gasteiger partial charge in [-0.3, -0.25) is 19.7 Å². The van der Waals surface area contributed by atoms with E-state index in [4.69, 9.17) is 9.47 Å². The highest BCUT2D eigenvalue weighted by Gasteiger charge is 2.50. The number of nitrogens with zero attached hydrogens (tertiary/aromatic N) is 2. The molecular weight excluding hydrogens is 440 g/mol. The number of nitro benzene ring substituents is 1. The lowest BCUT2D eigenvalue weighted by molar-refractivity contribution is -0.384. The predicted octanol–water partition coefficient (Wildman–Crippen LogP) is 3.62. The topological polar surface area (TPSA) is 119 Å². The quantitative estimate of drug-likeness (QED) is 0.308. The van der Waals surface area contributed by atoms with Crippen LogP contribution in [0.25, 0.3) is 0 Å². The molecule has 1 aliphatic rings. The third-order valence-corrected chi connectivity index (χ3v) is 5.82. The smallest absolute Gasteiger partial charge is 0.270 e. The minimum absolute atomic E-state index is 0.0475. The summed E-state index contributed by atoms with van der Waals surface area (Å²) in [6.07, 6.45) is -0.549. The molecule has 0 radical (unpaired) electrons. The minimum Gasteiger partial charge on any atom is -0.493 e. The molecule has 0 fully saturated rings. The Morgan fingerprint density at radius 2 is 1.76 bits per heavy atom. The summed E-state index contributed by atoms with van der Waals surface area (Å²) in [7, 11) is 3.03. The third kappa shape index (κ3) is 3.97. The number of amides is 1. The summed E-state index contributed by atoms with van der Waals surface area (Å²) in [6.45, 7) is 0.128. The number of nitro groups is 1. The maximum Gasteiger partial charge on any atom is 0.270 e. The van der Waals surface area contributed by atoms with Crippen LogP contribution in [0.4, 0.5) is 11.4 Å². The highest BCUT2D eigenvalue weighted by Crippen LogP contribution is 2.44. The first-order valence-electron chi connectivity index (χ1n) is 10.4. The zero-order valence-electron chi connectivity index (χ0n) is 18.6. The number of Topliss-reactive ketones (excluding diaryl/α,β-unsaturated/α-hetero) is 1. The van der Waals surface area contributed by atoms with Gasteiger partial charge in [0.15, 0.2) is 22.9 Å². The van der Waals surface area contributed by atoms with Gasteiger partial charge in [-0.2, -0.15) is 0 Å². The molecule has 9 heteroatoms. The second kappa shape index (κ2) is 8.95. The first kappa shape index (κ1) is 22.9. The molecular formula is C25H22N2O7. The van der Waals surface area contributed by atoms with Crippen molar-refractivity contribution < 1.29 is 29.1 Å². The second-order valence-corrected chi connectivity index (χ2v) is 7.87. The fraction of sp³-hybridized carbons (Fsp3) is 0.200. The van der Waals surface area contributed by atoms with Crippen molar-refractivity contribution in [1.29, 1.82) is 0 Å². The number of methoxy groups -OCH3 is 2. The maximum atomic E-state index is 13.5. The molecule has 0 bridgehead atoms. The second-order valence-electron chi connectivity index (χ2n) is 7.87. The number of carbonyl (C=O) groups is 2. The van der Waals surface area contributed by atoms with Crippen molar-refractivity contribution in [3.05, 3.63) is 93.5 Å². The molecule has 1 unspecified atom stereocenters. The molecule has 1 heterocycles. The van der Waals surface area contributed by atoms with Crippen LogP contribution < -0.4 is 14.4 Å². The van der Waals surface area contributed by atoms with Crippen LogP contribution in [0.3, 0.4) is 0 Å². The van der Waals surface area contributed by atoms with Crippen LogP contribution in [-0.4, -0.2) is 35.9 Å². The van der Waals surface area contributed by atoms with Crippen LogP contribution in [0, 0.1) is 10.1 Å². The molecule has 3 aromatic carbocycles. The van der Waals surface area contributed by atoms with Gasteiger partial charge in [0.1, 0.15) is 0 Å². The lowest BCUT2D eigenvalue weighted by atomic mass is 9.88. The van der Waals surface area contributed by atoms with E-state index in [1.807, 2.05) is 0 Å². The number of anilines is 1. The van der Waals surface area contributed by atoms with E-state index >= 15 is 0 Å². The Bertz CT molecular complexity index is 1290. The number of hydrogen-bond donors (Lipinski definition) is 1. The van der Waals surface area contributed by atoms with Crippen molar-refractivity contribution in [2.45, 2.75) is 18.6 Å². The highest BCUT2D eigenvalue weighted by atomic mass is 16.6. The van der Waals surface area contributed by atoms with Crippen LogP contribution in [0.15, 0.2) is 66.7 Å². The Morgan fingerprint density at radius 1 is 1.03 bits per heavy atom. The van der Waals surface area contributed by atoms with Gasteiger partial charge in [0, 0.05) is 23.3 Å². The normalized spacial score (nSPS) is 16.8. The summed E-state index contributed by atoms with van der Waals surface area (Å²) in [5, 5.41) is 22.5. The van der Waals surface area contributed by atoms with Crippen LogP contribution in [0.1, 0.15) is 27.9 Å². The number of ether oxygens (including phenoxy) is 2. The SMILES string of the molecule is COc1ccc(CN2C(=O)C(O)(CC(=O)c3cccc([N+](=O)[O-])c3)c3ccccc32)cc1OC. The Labute approximate surface area is 195 Å². The number of benzene rings is 3. The molecule has 1 atom stereocenters. The van der Waals surface area contributed by atoms with Gasteiger partial charge in [0.25, 0.3) is 11.6 Å². The summed E-state index contributed by atoms with van der Waals surface area (Å²) >= 11 is 0. The summed E-state index contributed by atoms with van der Waals surface area (Å²) < 4.78 is 10.6. The van der Waals surface area contributed by atoms with E-state index in [1.165, 1.54) is 37.3 Å². The van der Waals surface area contributed by atoms with Crippen molar-refractivity contribution >= 4 is 23.1 Å². The number of non-ortho nitro benzene ring substituents is 1. The van der Waals surface area contributed by atoms with E-state index in [-0.39, 0.29) is 17.8 Å². The minimum atomic E-state index is -2.10. The molecule has 1 amide bonds. The van der Waals surface area contributed by atoms with Gasteiger partial charge in [-0.15, -0.1) is 0 Å². The number of fused-ring (bicyclic) bond motifs is 1. The number of hydrogen-bond acceptors (Lipinski definition) is 7. The fourth-order valence-corrected chi connectivity index (χ4v) is 4.12. The molecule has 0 spiro atoms. The number of aliphatic hydroxyl groups is 1. The Morgan fingerprint density at radius 3 is 2.47 bits per heavy atom. The van der Waals surface area contributed by atoms with Gasteiger partial charge < -0.3 is 19.5 Å². The van der Waals surface area contributed by atoms with Crippen LogP contribution >= 0.6 is 0 Å². The lowest BCUT2D eigenvalue weighted by Crippen LogP contribution is -2.41. The van der Waals surface area contributed by atoms with Crippen molar-refractivity contribution in [3.8, 4) is 11.5 Å². The van der Waals surface area contributed by atoms with Crippen LogP contribution in [0.5, 0.6) is 11.5 Å².